The van der Waals surface area contributed by atoms with Crippen molar-refractivity contribution in [3.05, 3.63) is 23.8 Å². The maximum atomic E-state index is 9.78. The highest BCUT2D eigenvalue weighted by atomic mass is 16.5. The summed E-state index contributed by atoms with van der Waals surface area (Å²) in [6.07, 6.45) is 1.95. The van der Waals surface area contributed by atoms with Crippen LogP contribution in [0.4, 0.5) is 0 Å². The van der Waals surface area contributed by atoms with E-state index >= 15 is 0 Å². The molecule has 0 amide bonds. The fourth-order valence-corrected chi connectivity index (χ4v) is 1.73. The van der Waals surface area contributed by atoms with Crippen molar-refractivity contribution in [2.24, 2.45) is 0 Å². The minimum Gasteiger partial charge on any atom is -0.493 e. The van der Waals surface area contributed by atoms with Crippen LogP contribution in [0.3, 0.4) is 0 Å². The van der Waals surface area contributed by atoms with E-state index in [1.807, 2.05) is 25.1 Å². The molecule has 18 heavy (non-hydrogen) atoms. The average molecular weight is 251 g/mol. The molecule has 0 spiro atoms. The summed E-state index contributed by atoms with van der Waals surface area (Å²) in [6.45, 7) is 2.86. The average Bonchev–Trinajstić information content (AvgIpc) is 3.18. The third kappa shape index (κ3) is 3.89. The monoisotopic (exact) mass is 251 g/mol. The molecule has 1 aromatic rings. The molecule has 1 atom stereocenters. The highest BCUT2D eigenvalue weighted by Crippen LogP contribution is 2.27. The van der Waals surface area contributed by atoms with Gasteiger partial charge in [0, 0.05) is 12.6 Å². The lowest BCUT2D eigenvalue weighted by molar-refractivity contribution is 0.104. The number of benzene rings is 1. The number of aryl methyl sites for hydroxylation is 1. The van der Waals surface area contributed by atoms with Crippen LogP contribution in [0.1, 0.15) is 18.4 Å². The normalized spacial score (nSPS) is 16.4. The van der Waals surface area contributed by atoms with Gasteiger partial charge >= 0.3 is 0 Å². The van der Waals surface area contributed by atoms with Gasteiger partial charge in [-0.1, -0.05) is 6.07 Å². The number of hydrogen-bond acceptors (Lipinski definition) is 4. The molecule has 1 aliphatic rings. The Hall–Kier alpha value is -1.26. The van der Waals surface area contributed by atoms with Gasteiger partial charge in [-0.3, -0.25) is 0 Å². The van der Waals surface area contributed by atoms with Crippen molar-refractivity contribution < 1.29 is 14.6 Å². The van der Waals surface area contributed by atoms with Crippen LogP contribution in [-0.2, 0) is 0 Å². The SMILES string of the molecule is COc1cc(C)ccc1OCC(O)CNC1CC1. The van der Waals surface area contributed by atoms with Crippen LogP contribution in [0.2, 0.25) is 0 Å². The van der Waals surface area contributed by atoms with Crippen molar-refractivity contribution in [1.82, 2.24) is 5.32 Å². The minimum atomic E-state index is -0.489. The van der Waals surface area contributed by atoms with Gasteiger partial charge in [-0.2, -0.15) is 0 Å². The van der Waals surface area contributed by atoms with E-state index in [9.17, 15) is 5.11 Å². The van der Waals surface area contributed by atoms with Crippen molar-refractivity contribution in [2.75, 3.05) is 20.3 Å². The molecule has 100 valence electrons. The Bertz CT molecular complexity index is 391. The van der Waals surface area contributed by atoms with E-state index in [-0.39, 0.29) is 6.61 Å². The van der Waals surface area contributed by atoms with E-state index in [2.05, 4.69) is 5.32 Å². The minimum absolute atomic E-state index is 0.277. The number of ether oxygens (including phenoxy) is 2. The Balaban J connectivity index is 1.80. The number of rotatable bonds is 7. The summed E-state index contributed by atoms with van der Waals surface area (Å²) in [5.74, 6) is 1.38. The molecule has 0 aliphatic heterocycles. The van der Waals surface area contributed by atoms with Gasteiger partial charge in [-0.05, 0) is 37.5 Å². The molecule has 1 saturated carbocycles. The zero-order valence-corrected chi connectivity index (χ0v) is 11.0. The standard InChI is InChI=1S/C14H21NO3/c1-10-3-6-13(14(7-10)17-2)18-9-12(16)8-15-11-4-5-11/h3,6-7,11-12,15-16H,4-5,8-9H2,1-2H3. The van der Waals surface area contributed by atoms with Crippen molar-refractivity contribution >= 4 is 0 Å². The predicted octanol–water partition coefficient (Wildman–Crippen LogP) is 1.50. The van der Waals surface area contributed by atoms with Crippen LogP contribution < -0.4 is 14.8 Å². The lowest BCUT2D eigenvalue weighted by atomic mass is 10.2. The third-order valence-electron chi connectivity index (χ3n) is 2.97. The highest BCUT2D eigenvalue weighted by molar-refractivity contribution is 5.42. The lowest BCUT2D eigenvalue weighted by Gasteiger charge is -2.15. The van der Waals surface area contributed by atoms with Gasteiger partial charge in [0.1, 0.15) is 12.7 Å². The van der Waals surface area contributed by atoms with E-state index in [4.69, 9.17) is 9.47 Å². The number of nitrogens with one attached hydrogen (secondary N) is 1. The van der Waals surface area contributed by atoms with E-state index < -0.39 is 6.10 Å². The maximum absolute atomic E-state index is 9.78. The first-order valence-corrected chi connectivity index (χ1v) is 6.38. The summed E-state index contributed by atoms with van der Waals surface area (Å²) in [7, 11) is 1.62. The zero-order chi connectivity index (χ0) is 13.0. The van der Waals surface area contributed by atoms with Crippen LogP contribution in [0.5, 0.6) is 11.5 Å². The zero-order valence-electron chi connectivity index (χ0n) is 11.0. The van der Waals surface area contributed by atoms with Crippen LogP contribution in [0.25, 0.3) is 0 Å². The molecule has 0 aromatic heterocycles. The molecule has 2 rings (SSSR count). The molecule has 0 bridgehead atoms. The first kappa shape index (κ1) is 13.2. The van der Waals surface area contributed by atoms with Gasteiger partial charge in [0.15, 0.2) is 11.5 Å². The summed E-state index contributed by atoms with van der Waals surface area (Å²) in [6, 6.07) is 6.36. The number of methoxy groups -OCH3 is 1. The molecule has 4 heteroatoms. The predicted molar refractivity (Wildman–Crippen MR) is 70.3 cm³/mol. The Labute approximate surface area is 108 Å². The second-order valence-electron chi connectivity index (χ2n) is 4.80. The van der Waals surface area contributed by atoms with Crippen LogP contribution in [0.15, 0.2) is 18.2 Å². The molecule has 1 unspecified atom stereocenters. The molecule has 4 nitrogen and oxygen atoms in total. The number of aliphatic hydroxyl groups is 1. The lowest BCUT2D eigenvalue weighted by Crippen LogP contribution is -2.32. The molecule has 2 N–H and O–H groups in total. The van der Waals surface area contributed by atoms with Gasteiger partial charge in [-0.15, -0.1) is 0 Å². The fraction of sp³-hybridized carbons (Fsp3) is 0.571. The van der Waals surface area contributed by atoms with Crippen LogP contribution in [0, 0.1) is 6.92 Å². The first-order chi connectivity index (χ1) is 8.69. The van der Waals surface area contributed by atoms with Crippen molar-refractivity contribution in [2.45, 2.75) is 31.9 Å². The molecule has 1 aromatic carbocycles. The Kier molecular flexibility index (Phi) is 4.44. The summed E-state index contributed by atoms with van der Waals surface area (Å²) in [5.41, 5.74) is 1.12. The van der Waals surface area contributed by atoms with Crippen molar-refractivity contribution in [3.8, 4) is 11.5 Å². The quantitative estimate of drug-likeness (QED) is 0.771. The second-order valence-corrected chi connectivity index (χ2v) is 4.80. The highest BCUT2D eigenvalue weighted by Gasteiger charge is 2.21. The molecule has 1 fully saturated rings. The molecule has 0 radical (unpaired) electrons. The molecular formula is C14H21NO3. The van der Waals surface area contributed by atoms with Gasteiger partial charge < -0.3 is 19.9 Å². The Morgan fingerprint density at radius 3 is 2.83 bits per heavy atom. The summed E-state index contributed by atoms with van der Waals surface area (Å²) >= 11 is 0. The van der Waals surface area contributed by atoms with Crippen molar-refractivity contribution in [1.29, 1.82) is 0 Å². The molecule has 1 aliphatic carbocycles. The topological polar surface area (TPSA) is 50.7 Å². The second kappa shape index (κ2) is 6.07. The summed E-state index contributed by atoms with van der Waals surface area (Å²) in [5, 5.41) is 13.0. The van der Waals surface area contributed by atoms with Gasteiger partial charge in [0.05, 0.1) is 7.11 Å². The number of hydrogen-bond donors (Lipinski definition) is 2. The fourth-order valence-electron chi connectivity index (χ4n) is 1.73. The largest absolute Gasteiger partial charge is 0.493 e. The van der Waals surface area contributed by atoms with Crippen LogP contribution in [-0.4, -0.2) is 37.5 Å². The van der Waals surface area contributed by atoms with E-state index in [0.29, 0.717) is 24.1 Å². The van der Waals surface area contributed by atoms with Crippen molar-refractivity contribution in [3.63, 3.8) is 0 Å². The van der Waals surface area contributed by atoms with E-state index in [1.165, 1.54) is 12.8 Å². The van der Waals surface area contributed by atoms with Gasteiger partial charge in [-0.25, -0.2) is 0 Å². The van der Waals surface area contributed by atoms with Crippen LogP contribution >= 0.6 is 0 Å². The molecule has 0 saturated heterocycles. The molecular weight excluding hydrogens is 230 g/mol. The van der Waals surface area contributed by atoms with Gasteiger partial charge in [0.25, 0.3) is 0 Å². The summed E-state index contributed by atoms with van der Waals surface area (Å²) in [4.78, 5) is 0. The Morgan fingerprint density at radius 1 is 1.39 bits per heavy atom. The Morgan fingerprint density at radius 2 is 2.17 bits per heavy atom. The maximum Gasteiger partial charge on any atom is 0.161 e. The summed E-state index contributed by atoms with van der Waals surface area (Å²) < 4.78 is 10.8. The van der Waals surface area contributed by atoms with E-state index in [1.54, 1.807) is 7.11 Å². The molecule has 0 heterocycles. The third-order valence-corrected chi connectivity index (χ3v) is 2.97. The van der Waals surface area contributed by atoms with Gasteiger partial charge in [0.2, 0.25) is 0 Å². The first-order valence-electron chi connectivity index (χ1n) is 6.38. The smallest absolute Gasteiger partial charge is 0.161 e. The number of aliphatic hydroxyl groups excluding tert-OH is 1. The van der Waals surface area contributed by atoms with E-state index in [0.717, 1.165) is 5.56 Å².